The van der Waals surface area contributed by atoms with E-state index in [1.807, 2.05) is 25.1 Å². The predicted octanol–water partition coefficient (Wildman–Crippen LogP) is 1.40. The molecule has 0 spiro atoms. The second-order valence-electron chi connectivity index (χ2n) is 2.90. The van der Waals surface area contributed by atoms with Gasteiger partial charge in [0, 0.05) is 6.20 Å². The summed E-state index contributed by atoms with van der Waals surface area (Å²) in [6.07, 6.45) is 4.95. The van der Waals surface area contributed by atoms with E-state index in [1.165, 1.54) is 6.26 Å². The van der Waals surface area contributed by atoms with Gasteiger partial charge in [0.1, 0.15) is 12.1 Å². The Bertz CT molecular complexity index is 366. The molecule has 0 saturated carbocycles. The fourth-order valence-electron chi connectivity index (χ4n) is 1.22. The topological polar surface area (TPSA) is 42.4 Å². The van der Waals surface area contributed by atoms with E-state index < -0.39 is 11.3 Å². The molecule has 0 saturated heterocycles. The third kappa shape index (κ3) is 1.63. The van der Waals surface area contributed by atoms with Crippen LogP contribution in [0, 0.1) is 0 Å². The minimum Gasteiger partial charge on any atom is -0.393 e. The fourth-order valence-corrected chi connectivity index (χ4v) is 2.08. The summed E-state index contributed by atoms with van der Waals surface area (Å²) >= 11 is -1.48. The standard InChI is InChI=1S/C9H10N2O2S/c1-8-5-7-13-14(12)11(8)9-4-2-3-6-10-9/h2-8H,1H3/t8?,14-/m1/s1. The van der Waals surface area contributed by atoms with E-state index in [0.717, 1.165) is 0 Å². The molecular weight excluding hydrogens is 200 g/mol. The Kier molecular flexibility index (Phi) is 2.49. The van der Waals surface area contributed by atoms with E-state index in [-0.39, 0.29) is 6.04 Å². The highest BCUT2D eigenvalue weighted by molar-refractivity contribution is 7.81. The Morgan fingerprint density at radius 1 is 1.57 bits per heavy atom. The predicted molar refractivity (Wildman–Crippen MR) is 54.5 cm³/mol. The fraction of sp³-hybridized carbons (Fsp3) is 0.222. The number of hydrogen-bond acceptors (Lipinski definition) is 3. The number of aromatic nitrogens is 1. The van der Waals surface area contributed by atoms with Crippen LogP contribution in [0.1, 0.15) is 6.92 Å². The number of anilines is 1. The van der Waals surface area contributed by atoms with E-state index in [4.69, 9.17) is 4.18 Å². The van der Waals surface area contributed by atoms with Gasteiger partial charge in [0.15, 0.2) is 0 Å². The maximum absolute atomic E-state index is 11.5. The van der Waals surface area contributed by atoms with Crippen LogP contribution in [0.3, 0.4) is 0 Å². The molecule has 5 heteroatoms. The van der Waals surface area contributed by atoms with Crippen LogP contribution in [0.4, 0.5) is 5.82 Å². The summed E-state index contributed by atoms with van der Waals surface area (Å²) in [4.78, 5) is 4.12. The van der Waals surface area contributed by atoms with E-state index in [1.54, 1.807) is 16.6 Å². The first-order valence-corrected chi connectivity index (χ1v) is 5.28. The smallest absolute Gasteiger partial charge is 0.319 e. The number of hydrogen-bond donors (Lipinski definition) is 0. The number of pyridine rings is 1. The van der Waals surface area contributed by atoms with E-state index >= 15 is 0 Å². The molecule has 0 radical (unpaired) electrons. The Morgan fingerprint density at radius 3 is 3.07 bits per heavy atom. The summed E-state index contributed by atoms with van der Waals surface area (Å²) in [6, 6.07) is 5.50. The van der Waals surface area contributed by atoms with Gasteiger partial charge in [-0.25, -0.2) is 9.29 Å². The summed E-state index contributed by atoms with van der Waals surface area (Å²) in [5, 5.41) is 0. The van der Waals surface area contributed by atoms with Crippen LogP contribution in [-0.4, -0.2) is 15.2 Å². The summed E-state index contributed by atoms with van der Waals surface area (Å²) in [5.41, 5.74) is 0. The lowest BCUT2D eigenvalue weighted by Gasteiger charge is -2.27. The van der Waals surface area contributed by atoms with Gasteiger partial charge in [-0.15, -0.1) is 0 Å². The van der Waals surface area contributed by atoms with Crippen molar-refractivity contribution < 1.29 is 8.39 Å². The van der Waals surface area contributed by atoms with Crippen LogP contribution in [0.15, 0.2) is 36.7 Å². The van der Waals surface area contributed by atoms with Crippen LogP contribution < -0.4 is 4.31 Å². The molecule has 2 atom stereocenters. The Labute approximate surface area is 85.0 Å². The monoisotopic (exact) mass is 210 g/mol. The molecule has 0 N–H and O–H groups in total. The zero-order valence-corrected chi connectivity index (χ0v) is 8.48. The van der Waals surface area contributed by atoms with Gasteiger partial charge >= 0.3 is 11.3 Å². The number of nitrogens with zero attached hydrogens (tertiary/aromatic N) is 2. The Hall–Kier alpha value is -1.36. The van der Waals surface area contributed by atoms with Gasteiger partial charge in [-0.05, 0) is 25.1 Å². The lowest BCUT2D eigenvalue weighted by molar-refractivity contribution is 0.482. The van der Waals surface area contributed by atoms with E-state index in [0.29, 0.717) is 5.82 Å². The van der Waals surface area contributed by atoms with Crippen molar-refractivity contribution in [2.75, 3.05) is 4.31 Å². The molecule has 4 nitrogen and oxygen atoms in total. The van der Waals surface area contributed by atoms with Gasteiger partial charge in [0.25, 0.3) is 0 Å². The third-order valence-corrected chi connectivity index (χ3v) is 3.02. The van der Waals surface area contributed by atoms with Crippen molar-refractivity contribution in [1.82, 2.24) is 4.98 Å². The molecule has 1 aliphatic heterocycles. The van der Waals surface area contributed by atoms with Gasteiger partial charge in [-0.1, -0.05) is 6.07 Å². The molecule has 1 aromatic heterocycles. The van der Waals surface area contributed by atoms with Crippen molar-refractivity contribution in [2.45, 2.75) is 13.0 Å². The lowest BCUT2D eigenvalue weighted by Crippen LogP contribution is -2.36. The van der Waals surface area contributed by atoms with Gasteiger partial charge in [0.05, 0.1) is 6.04 Å². The second-order valence-corrected chi connectivity index (χ2v) is 3.92. The van der Waals surface area contributed by atoms with E-state index in [9.17, 15) is 4.21 Å². The molecule has 1 unspecified atom stereocenters. The molecule has 74 valence electrons. The molecular formula is C9H10N2O2S. The van der Waals surface area contributed by atoms with Crippen molar-refractivity contribution in [1.29, 1.82) is 0 Å². The third-order valence-electron chi connectivity index (χ3n) is 1.90. The summed E-state index contributed by atoms with van der Waals surface area (Å²) in [5.74, 6) is 0.655. The molecule has 0 fully saturated rings. The van der Waals surface area contributed by atoms with Crippen LogP contribution in [0.2, 0.25) is 0 Å². The average Bonchev–Trinajstić information content (AvgIpc) is 2.19. The van der Waals surface area contributed by atoms with Crippen LogP contribution in [-0.2, 0) is 15.4 Å². The van der Waals surface area contributed by atoms with Crippen LogP contribution >= 0.6 is 0 Å². The first kappa shape index (κ1) is 9.21. The summed E-state index contributed by atoms with van der Waals surface area (Å²) in [7, 11) is 0. The lowest BCUT2D eigenvalue weighted by atomic mass is 10.3. The maximum Gasteiger partial charge on any atom is 0.319 e. The van der Waals surface area contributed by atoms with E-state index in [2.05, 4.69) is 4.98 Å². The molecule has 14 heavy (non-hydrogen) atoms. The molecule has 0 aromatic carbocycles. The molecule has 2 rings (SSSR count). The molecule has 0 bridgehead atoms. The van der Waals surface area contributed by atoms with Gasteiger partial charge < -0.3 is 4.18 Å². The van der Waals surface area contributed by atoms with Gasteiger partial charge in [-0.2, -0.15) is 4.21 Å². The molecule has 2 heterocycles. The average molecular weight is 210 g/mol. The molecule has 0 amide bonds. The van der Waals surface area contributed by atoms with Crippen LogP contribution in [0.5, 0.6) is 0 Å². The minimum absolute atomic E-state index is 0.0273. The first-order chi connectivity index (χ1) is 6.79. The summed E-state index contributed by atoms with van der Waals surface area (Å²) in [6.45, 7) is 1.94. The highest BCUT2D eigenvalue weighted by Crippen LogP contribution is 2.20. The van der Waals surface area contributed by atoms with Crippen molar-refractivity contribution in [3.63, 3.8) is 0 Å². The van der Waals surface area contributed by atoms with Gasteiger partial charge in [-0.3, -0.25) is 0 Å². The van der Waals surface area contributed by atoms with Crippen molar-refractivity contribution in [3.05, 3.63) is 36.7 Å². The Morgan fingerprint density at radius 2 is 2.43 bits per heavy atom. The highest BCUT2D eigenvalue weighted by atomic mass is 32.2. The van der Waals surface area contributed by atoms with Crippen LogP contribution in [0.25, 0.3) is 0 Å². The van der Waals surface area contributed by atoms with Crippen molar-refractivity contribution >= 4 is 17.1 Å². The maximum atomic E-state index is 11.5. The van der Waals surface area contributed by atoms with Crippen molar-refractivity contribution in [3.8, 4) is 0 Å². The Balaban J connectivity index is 2.33. The zero-order chi connectivity index (χ0) is 9.97. The van der Waals surface area contributed by atoms with Gasteiger partial charge in [0.2, 0.25) is 0 Å². The summed E-state index contributed by atoms with van der Waals surface area (Å²) < 4.78 is 18.0. The molecule has 1 aromatic rings. The quantitative estimate of drug-likeness (QED) is 0.703. The first-order valence-electron chi connectivity index (χ1n) is 4.25. The second kappa shape index (κ2) is 3.79. The van der Waals surface area contributed by atoms with Crippen molar-refractivity contribution in [2.24, 2.45) is 0 Å². The SMILES string of the molecule is CC1C=CO[S@@](=O)N1c1ccccn1. The highest BCUT2D eigenvalue weighted by Gasteiger charge is 2.24. The largest absolute Gasteiger partial charge is 0.393 e. The number of rotatable bonds is 1. The normalized spacial score (nSPS) is 25.9. The molecule has 1 aliphatic rings. The molecule has 0 aliphatic carbocycles. The minimum atomic E-state index is -1.48. The zero-order valence-electron chi connectivity index (χ0n) is 7.66.